The molecule has 0 aliphatic heterocycles. The van der Waals surface area contributed by atoms with Crippen molar-refractivity contribution in [2.75, 3.05) is 6.26 Å². The largest absolute Gasteiger partial charge is 0.474 e. The van der Waals surface area contributed by atoms with Crippen molar-refractivity contribution in [2.24, 2.45) is 0 Å². The van der Waals surface area contributed by atoms with E-state index >= 15 is 0 Å². The van der Waals surface area contributed by atoms with Gasteiger partial charge in [-0.05, 0) is 0 Å². The van der Waals surface area contributed by atoms with Crippen molar-refractivity contribution in [3.63, 3.8) is 0 Å². The van der Waals surface area contributed by atoms with Crippen molar-refractivity contribution in [3.05, 3.63) is 11.7 Å². The summed E-state index contributed by atoms with van der Waals surface area (Å²) in [5.41, 5.74) is 0. The van der Waals surface area contributed by atoms with E-state index in [1.807, 2.05) is 0 Å². The maximum atomic E-state index is 10.7. The molecule has 0 fully saturated rings. The molecule has 0 saturated carbocycles. The van der Waals surface area contributed by atoms with E-state index in [1.165, 1.54) is 0 Å². The summed E-state index contributed by atoms with van der Waals surface area (Å²) < 4.78 is 25.7. The van der Waals surface area contributed by atoms with Gasteiger partial charge in [0.05, 0.1) is 0 Å². The Morgan fingerprint density at radius 1 is 1.62 bits per heavy atom. The van der Waals surface area contributed by atoms with Gasteiger partial charge in [-0.3, -0.25) is 0 Å². The molecule has 1 heterocycles. The summed E-state index contributed by atoms with van der Waals surface area (Å²) in [6.45, 7) is 0. The first-order chi connectivity index (χ1) is 5.88. The number of rotatable bonds is 3. The maximum Gasteiger partial charge on any atom is 0.394 e. The number of carboxylic acid groups (broad SMARTS) is 1. The van der Waals surface area contributed by atoms with E-state index in [9.17, 15) is 13.2 Å². The Morgan fingerprint density at radius 3 is 2.62 bits per heavy atom. The summed E-state index contributed by atoms with van der Waals surface area (Å²) in [5, 5.41) is 11.5. The van der Waals surface area contributed by atoms with E-state index in [0.717, 1.165) is 6.26 Å². The third kappa shape index (κ3) is 2.82. The number of aromatic nitrogens is 2. The zero-order valence-electron chi connectivity index (χ0n) is 6.59. The fourth-order valence-electron chi connectivity index (χ4n) is 0.634. The molecule has 0 amide bonds. The number of sulfone groups is 1. The van der Waals surface area contributed by atoms with Crippen molar-refractivity contribution in [2.45, 2.75) is 5.75 Å². The molecule has 8 heteroatoms. The minimum atomic E-state index is -3.27. The second-order valence-electron chi connectivity index (χ2n) is 2.39. The fraction of sp³-hybridized carbons (Fsp3) is 0.400. The van der Waals surface area contributed by atoms with Crippen LogP contribution in [-0.2, 0) is 15.6 Å². The molecule has 0 spiro atoms. The average Bonchev–Trinajstić information content (AvgIpc) is 2.31. The zero-order chi connectivity index (χ0) is 10.1. The Balaban J connectivity index is 2.87. The molecule has 0 radical (unpaired) electrons. The summed E-state index contributed by atoms with van der Waals surface area (Å²) in [6.07, 6.45) is 0.990. The van der Waals surface area contributed by atoms with Crippen LogP contribution in [0.1, 0.15) is 16.5 Å². The number of nitrogens with zero attached hydrogens (tertiary/aromatic N) is 2. The molecule has 0 unspecified atom stereocenters. The minimum Gasteiger partial charge on any atom is -0.474 e. The predicted molar refractivity (Wildman–Crippen MR) is 39.8 cm³/mol. The van der Waals surface area contributed by atoms with Gasteiger partial charge in [-0.15, -0.1) is 0 Å². The van der Waals surface area contributed by atoms with Crippen molar-refractivity contribution >= 4 is 15.8 Å². The van der Waals surface area contributed by atoms with Crippen LogP contribution in [0.3, 0.4) is 0 Å². The fourth-order valence-corrected chi connectivity index (χ4v) is 1.22. The van der Waals surface area contributed by atoms with Gasteiger partial charge in [0, 0.05) is 6.26 Å². The van der Waals surface area contributed by atoms with E-state index < -0.39 is 27.5 Å². The molecule has 13 heavy (non-hydrogen) atoms. The van der Waals surface area contributed by atoms with Crippen LogP contribution in [0.25, 0.3) is 0 Å². The van der Waals surface area contributed by atoms with Crippen LogP contribution >= 0.6 is 0 Å². The molecule has 7 nitrogen and oxygen atoms in total. The van der Waals surface area contributed by atoms with Gasteiger partial charge in [-0.2, -0.15) is 4.98 Å². The van der Waals surface area contributed by atoms with Gasteiger partial charge >= 0.3 is 11.9 Å². The van der Waals surface area contributed by atoms with Gasteiger partial charge in [-0.25, -0.2) is 13.2 Å². The van der Waals surface area contributed by atoms with Gasteiger partial charge in [0.1, 0.15) is 5.75 Å². The van der Waals surface area contributed by atoms with Crippen LogP contribution in [0.4, 0.5) is 0 Å². The predicted octanol–water partition coefficient (Wildman–Crippen LogP) is -0.688. The van der Waals surface area contributed by atoms with Gasteiger partial charge in [-0.1, -0.05) is 5.16 Å². The lowest BCUT2D eigenvalue weighted by molar-refractivity contribution is 0.0643. The molecular weight excluding hydrogens is 200 g/mol. The normalized spacial score (nSPS) is 11.5. The molecule has 0 aliphatic carbocycles. The molecule has 0 saturated heterocycles. The SMILES string of the molecule is CS(=O)(=O)Cc1noc(C(=O)O)n1. The van der Waals surface area contributed by atoms with Crippen molar-refractivity contribution in [1.82, 2.24) is 10.1 Å². The number of hydrogen-bond donors (Lipinski definition) is 1. The van der Waals surface area contributed by atoms with Crippen LogP contribution in [-0.4, -0.2) is 35.9 Å². The molecule has 1 aromatic rings. The molecule has 0 aromatic carbocycles. The molecule has 0 bridgehead atoms. The Labute approximate surface area is 73.3 Å². The van der Waals surface area contributed by atoms with Gasteiger partial charge in [0.15, 0.2) is 15.7 Å². The van der Waals surface area contributed by atoms with Crippen molar-refractivity contribution < 1.29 is 22.8 Å². The quantitative estimate of drug-likeness (QED) is 0.696. The smallest absolute Gasteiger partial charge is 0.394 e. The highest BCUT2D eigenvalue weighted by Gasteiger charge is 2.16. The second kappa shape index (κ2) is 3.13. The second-order valence-corrected chi connectivity index (χ2v) is 4.53. The number of carbonyl (C=O) groups is 1. The third-order valence-electron chi connectivity index (χ3n) is 1.04. The lowest BCUT2D eigenvalue weighted by Crippen LogP contribution is -2.03. The van der Waals surface area contributed by atoms with Gasteiger partial charge < -0.3 is 9.63 Å². The Morgan fingerprint density at radius 2 is 2.23 bits per heavy atom. The van der Waals surface area contributed by atoms with E-state index in [-0.39, 0.29) is 5.82 Å². The zero-order valence-corrected chi connectivity index (χ0v) is 7.41. The Hall–Kier alpha value is -1.44. The first-order valence-electron chi connectivity index (χ1n) is 3.12. The minimum absolute atomic E-state index is 0.153. The lowest BCUT2D eigenvalue weighted by Gasteiger charge is -1.87. The summed E-state index contributed by atoms with van der Waals surface area (Å²) in [5.74, 6) is -2.57. The molecule has 0 atom stereocenters. The van der Waals surface area contributed by atoms with E-state index in [0.29, 0.717) is 0 Å². The summed E-state index contributed by atoms with van der Waals surface area (Å²) >= 11 is 0. The van der Waals surface area contributed by atoms with E-state index in [4.69, 9.17) is 5.11 Å². The highest BCUT2D eigenvalue weighted by atomic mass is 32.2. The van der Waals surface area contributed by atoms with Crippen LogP contribution in [0.5, 0.6) is 0 Å². The first kappa shape index (κ1) is 9.65. The third-order valence-corrected chi connectivity index (χ3v) is 1.82. The average molecular weight is 206 g/mol. The highest BCUT2D eigenvalue weighted by molar-refractivity contribution is 7.89. The van der Waals surface area contributed by atoms with Gasteiger partial charge in [0.25, 0.3) is 0 Å². The molecular formula is C5H6N2O5S. The van der Waals surface area contributed by atoms with Crippen LogP contribution in [0.2, 0.25) is 0 Å². The summed E-state index contributed by atoms with van der Waals surface area (Å²) in [6, 6.07) is 0. The highest BCUT2D eigenvalue weighted by Crippen LogP contribution is 2.01. The van der Waals surface area contributed by atoms with Crippen LogP contribution in [0, 0.1) is 0 Å². The molecule has 1 rings (SSSR count). The maximum absolute atomic E-state index is 10.7. The molecule has 1 aromatic heterocycles. The molecule has 72 valence electrons. The van der Waals surface area contributed by atoms with E-state index in [1.54, 1.807) is 0 Å². The Kier molecular flexibility index (Phi) is 2.32. The number of carboxylic acids is 1. The van der Waals surface area contributed by atoms with Crippen molar-refractivity contribution in [1.29, 1.82) is 0 Å². The Bertz CT molecular complexity index is 420. The van der Waals surface area contributed by atoms with E-state index in [2.05, 4.69) is 14.7 Å². The monoisotopic (exact) mass is 206 g/mol. The van der Waals surface area contributed by atoms with Crippen LogP contribution in [0.15, 0.2) is 4.52 Å². The summed E-state index contributed by atoms with van der Waals surface area (Å²) in [4.78, 5) is 13.6. The first-order valence-corrected chi connectivity index (χ1v) is 5.18. The number of hydrogen-bond acceptors (Lipinski definition) is 6. The molecule has 0 aliphatic rings. The summed E-state index contributed by atoms with van der Waals surface area (Å²) in [7, 11) is -3.27. The lowest BCUT2D eigenvalue weighted by atomic mass is 10.6. The molecule has 1 N–H and O–H groups in total. The number of aromatic carboxylic acids is 1. The van der Waals surface area contributed by atoms with Crippen molar-refractivity contribution in [3.8, 4) is 0 Å². The standard InChI is InChI=1S/C5H6N2O5S/c1-13(10,11)2-3-6-4(5(8)9)12-7-3/h2H2,1H3,(H,8,9). The van der Waals surface area contributed by atoms with Crippen LogP contribution < -0.4 is 0 Å². The van der Waals surface area contributed by atoms with Gasteiger partial charge in [0.2, 0.25) is 0 Å². The topological polar surface area (TPSA) is 110 Å².